The maximum atomic E-state index is 6.05. The molecule has 0 bridgehead atoms. The van der Waals surface area contributed by atoms with E-state index in [4.69, 9.17) is 10.2 Å². The molecule has 84 valence electrons. The van der Waals surface area contributed by atoms with Gasteiger partial charge in [0.25, 0.3) is 0 Å². The molecule has 2 N–H and O–H groups in total. The zero-order valence-corrected chi connectivity index (χ0v) is 11.0. The van der Waals surface area contributed by atoms with Crippen LogP contribution in [0.15, 0.2) is 51.7 Å². The average Bonchev–Trinajstić information content (AvgIpc) is 2.84. The van der Waals surface area contributed by atoms with Crippen molar-refractivity contribution >= 4 is 34.0 Å². The van der Waals surface area contributed by atoms with Crippen LogP contribution in [0.2, 0.25) is 0 Å². The second-order valence-electron chi connectivity index (χ2n) is 3.09. The average molecular weight is 298 g/mol. The van der Waals surface area contributed by atoms with Crippen molar-refractivity contribution in [2.75, 3.05) is 0 Å². The highest BCUT2D eigenvalue weighted by atomic mass is 79.9. The van der Waals surface area contributed by atoms with Gasteiger partial charge < -0.3 is 10.2 Å². The largest absolute Gasteiger partial charge is 0.472 e. The van der Waals surface area contributed by atoms with Crippen LogP contribution in [0.1, 0.15) is 17.2 Å². The van der Waals surface area contributed by atoms with E-state index in [0.29, 0.717) is 0 Å². The molecule has 1 unspecified atom stereocenters. The Bertz CT molecular complexity index is 430. The highest BCUT2D eigenvalue weighted by molar-refractivity contribution is 9.10. The van der Waals surface area contributed by atoms with Gasteiger partial charge in [-0.2, -0.15) is 0 Å². The molecule has 0 saturated heterocycles. The minimum atomic E-state index is -0.119. The SMILES string of the molecule is C=S.NC(c1ccoc1)c1cccc(Br)c1. The first-order chi connectivity index (χ1) is 7.77. The molecule has 0 amide bonds. The van der Waals surface area contributed by atoms with Gasteiger partial charge in [-0.15, -0.1) is 0 Å². The summed E-state index contributed by atoms with van der Waals surface area (Å²) in [4.78, 5) is 0. The Kier molecular flexibility index (Phi) is 5.38. The van der Waals surface area contributed by atoms with Crippen LogP contribution in [0.4, 0.5) is 0 Å². The van der Waals surface area contributed by atoms with Crippen molar-refractivity contribution in [1.82, 2.24) is 0 Å². The number of halogens is 1. The number of benzene rings is 1. The summed E-state index contributed by atoms with van der Waals surface area (Å²) in [6.07, 6.45) is 3.30. The van der Waals surface area contributed by atoms with Crippen molar-refractivity contribution in [2.45, 2.75) is 6.04 Å². The molecule has 2 aromatic rings. The Balaban J connectivity index is 0.000000606. The molecule has 0 spiro atoms. The van der Waals surface area contributed by atoms with Gasteiger partial charge in [-0.3, -0.25) is 0 Å². The first-order valence-electron chi connectivity index (χ1n) is 4.59. The van der Waals surface area contributed by atoms with Crippen molar-refractivity contribution < 1.29 is 4.42 Å². The minimum Gasteiger partial charge on any atom is -0.472 e. The molecule has 0 saturated carbocycles. The molecule has 1 atom stereocenters. The standard InChI is InChI=1S/C11H10BrNO.CH2S/c12-10-3-1-2-8(6-10)11(13)9-4-5-14-7-9;1-2/h1-7,11H,13H2;1H2. The molecule has 0 aliphatic rings. The summed E-state index contributed by atoms with van der Waals surface area (Å²) in [5.41, 5.74) is 8.11. The van der Waals surface area contributed by atoms with E-state index in [1.807, 2.05) is 30.3 Å². The summed E-state index contributed by atoms with van der Waals surface area (Å²) in [5, 5.41) is 0. The van der Waals surface area contributed by atoms with Crippen molar-refractivity contribution in [1.29, 1.82) is 0 Å². The van der Waals surface area contributed by atoms with Gasteiger partial charge >= 0.3 is 0 Å². The Morgan fingerprint density at radius 2 is 2.00 bits per heavy atom. The molecule has 0 aliphatic carbocycles. The van der Waals surface area contributed by atoms with Crippen molar-refractivity contribution in [3.63, 3.8) is 0 Å². The highest BCUT2D eigenvalue weighted by Gasteiger charge is 2.09. The van der Waals surface area contributed by atoms with Gasteiger partial charge in [0.1, 0.15) is 0 Å². The number of furan rings is 1. The van der Waals surface area contributed by atoms with Crippen LogP contribution in [0.5, 0.6) is 0 Å². The molecule has 1 heterocycles. The lowest BCUT2D eigenvalue weighted by atomic mass is 10.0. The Labute approximate surface area is 109 Å². The third-order valence-corrected chi connectivity index (χ3v) is 2.60. The van der Waals surface area contributed by atoms with E-state index in [-0.39, 0.29) is 6.04 Å². The van der Waals surface area contributed by atoms with Gasteiger partial charge in [0, 0.05) is 10.0 Å². The molecule has 2 rings (SSSR count). The Hall–Kier alpha value is -0.970. The monoisotopic (exact) mass is 297 g/mol. The van der Waals surface area contributed by atoms with Crippen LogP contribution < -0.4 is 5.73 Å². The molecule has 0 fully saturated rings. The van der Waals surface area contributed by atoms with Crippen LogP contribution >= 0.6 is 28.1 Å². The van der Waals surface area contributed by atoms with Crippen LogP contribution in [0, 0.1) is 0 Å². The van der Waals surface area contributed by atoms with Gasteiger partial charge in [-0.25, -0.2) is 0 Å². The first kappa shape index (κ1) is 13.1. The topological polar surface area (TPSA) is 39.2 Å². The highest BCUT2D eigenvalue weighted by Crippen LogP contribution is 2.22. The smallest absolute Gasteiger partial charge is 0.0953 e. The second kappa shape index (κ2) is 6.58. The molecular formula is C12H12BrNOS. The third-order valence-electron chi connectivity index (χ3n) is 2.11. The molecule has 4 heteroatoms. The zero-order chi connectivity index (χ0) is 12.0. The molecule has 2 nitrogen and oxygen atoms in total. The van der Waals surface area contributed by atoms with Crippen LogP contribution in [0.25, 0.3) is 0 Å². The van der Waals surface area contributed by atoms with Crippen LogP contribution in [0.3, 0.4) is 0 Å². The number of nitrogens with two attached hydrogens (primary N) is 1. The maximum Gasteiger partial charge on any atom is 0.0953 e. The van der Waals surface area contributed by atoms with Gasteiger partial charge in [0.15, 0.2) is 0 Å². The van der Waals surface area contributed by atoms with Crippen LogP contribution in [-0.4, -0.2) is 5.87 Å². The summed E-state index contributed by atoms with van der Waals surface area (Å²) >= 11 is 7.25. The van der Waals surface area contributed by atoms with Gasteiger partial charge in [-0.1, -0.05) is 40.3 Å². The fraction of sp³-hybridized carbons (Fsp3) is 0.0833. The first-order valence-corrected chi connectivity index (χ1v) is 5.96. The summed E-state index contributed by atoms with van der Waals surface area (Å²) in [7, 11) is 0. The molecular weight excluding hydrogens is 286 g/mol. The normalized spacial score (nSPS) is 11.4. The van der Waals surface area contributed by atoms with E-state index < -0.39 is 0 Å². The maximum absolute atomic E-state index is 6.05. The van der Waals surface area contributed by atoms with Crippen molar-refractivity contribution in [3.05, 3.63) is 58.5 Å². The molecule has 0 aliphatic heterocycles. The van der Waals surface area contributed by atoms with E-state index >= 15 is 0 Å². The Morgan fingerprint density at radius 1 is 1.25 bits per heavy atom. The van der Waals surface area contributed by atoms with E-state index in [1.54, 1.807) is 12.5 Å². The lowest BCUT2D eigenvalue weighted by Gasteiger charge is -2.09. The minimum absolute atomic E-state index is 0.119. The zero-order valence-electron chi connectivity index (χ0n) is 8.60. The van der Waals surface area contributed by atoms with Crippen molar-refractivity contribution in [3.8, 4) is 0 Å². The summed E-state index contributed by atoms with van der Waals surface area (Å²) in [6.45, 7) is 0. The summed E-state index contributed by atoms with van der Waals surface area (Å²) in [5.74, 6) is 2.83. The predicted octanol–water partition coefficient (Wildman–Crippen LogP) is 3.71. The molecule has 0 radical (unpaired) electrons. The van der Waals surface area contributed by atoms with E-state index in [1.165, 1.54) is 0 Å². The van der Waals surface area contributed by atoms with Gasteiger partial charge in [0.05, 0.1) is 18.6 Å². The number of rotatable bonds is 2. The van der Waals surface area contributed by atoms with E-state index in [2.05, 4.69) is 34.0 Å². The lowest BCUT2D eigenvalue weighted by Crippen LogP contribution is -2.10. The predicted molar refractivity (Wildman–Crippen MR) is 73.6 cm³/mol. The molecule has 1 aromatic carbocycles. The van der Waals surface area contributed by atoms with E-state index in [0.717, 1.165) is 15.6 Å². The lowest BCUT2D eigenvalue weighted by molar-refractivity contribution is 0.562. The fourth-order valence-electron chi connectivity index (χ4n) is 1.34. The molecule has 1 aromatic heterocycles. The molecule has 16 heavy (non-hydrogen) atoms. The number of hydrogen-bond acceptors (Lipinski definition) is 3. The van der Waals surface area contributed by atoms with Crippen LogP contribution in [-0.2, 0) is 0 Å². The quantitative estimate of drug-likeness (QED) is 0.859. The third kappa shape index (κ3) is 3.27. The number of thiocarbonyl (C=S) groups is 1. The fourth-order valence-corrected chi connectivity index (χ4v) is 1.76. The van der Waals surface area contributed by atoms with Gasteiger partial charge in [0.2, 0.25) is 0 Å². The van der Waals surface area contributed by atoms with Crippen molar-refractivity contribution in [2.24, 2.45) is 5.73 Å². The number of hydrogen-bond donors (Lipinski definition) is 1. The second-order valence-corrected chi connectivity index (χ2v) is 4.01. The Morgan fingerprint density at radius 3 is 2.56 bits per heavy atom. The summed E-state index contributed by atoms with van der Waals surface area (Å²) < 4.78 is 6.03. The van der Waals surface area contributed by atoms with Gasteiger partial charge in [-0.05, 0) is 29.6 Å². The summed E-state index contributed by atoms with van der Waals surface area (Å²) in [6, 6.07) is 9.72. The van der Waals surface area contributed by atoms with E-state index in [9.17, 15) is 0 Å².